The minimum absolute atomic E-state index is 0.109. The molecule has 0 aromatic heterocycles. The van der Waals surface area contributed by atoms with Gasteiger partial charge in [0.2, 0.25) is 0 Å². The van der Waals surface area contributed by atoms with Crippen molar-refractivity contribution >= 4 is 46.2 Å². The van der Waals surface area contributed by atoms with Crippen LogP contribution in [-0.4, -0.2) is 0 Å². The standard InChI is InChI=1S/C76H56N2/c1-3-55-25-29-59(30-26-55)61-33-43-69(44-34-61)77(75-51-41-67(57-17-9-5-10-18-57)53-73(75)65-21-13-7-14-22-65)71-47-37-63(38-48-71)64-39-49-72(50-40-64)78(70-45-35-62(36-46-70)60-31-27-56(4-2)28-32-60)76-52-42-68(58-19-11-6-12-20-58)54-74(76)66-23-15-8-16-24-66/h3-54H,1-2H2/i1D2,2D2,3D,4D. The zero-order valence-electron chi connectivity index (χ0n) is 48.8. The molecule has 0 fully saturated rings. The van der Waals surface area contributed by atoms with E-state index < -0.39 is 13.1 Å². The average Bonchev–Trinajstić information content (AvgIpc) is 3.53. The Bertz CT molecular complexity index is 4000. The Labute approximate surface area is 467 Å². The Morgan fingerprint density at radius 2 is 0.474 bits per heavy atom. The fourth-order valence-electron chi connectivity index (χ4n) is 10.3. The summed E-state index contributed by atoms with van der Waals surface area (Å²) in [6.45, 7) is -1.02. The Kier molecular flexibility index (Phi) is 12.0. The van der Waals surface area contributed by atoms with Crippen LogP contribution in [0.5, 0.6) is 0 Å². The van der Waals surface area contributed by atoms with Crippen molar-refractivity contribution in [3.05, 3.63) is 328 Å². The van der Waals surface area contributed by atoms with Crippen molar-refractivity contribution in [3.8, 4) is 77.9 Å². The number of anilines is 6. The summed E-state index contributed by atoms with van der Waals surface area (Å²) in [4.78, 5) is 4.64. The van der Waals surface area contributed by atoms with Gasteiger partial charge in [-0.3, -0.25) is 0 Å². The quantitative estimate of drug-likeness (QED) is 0.101. The second-order valence-electron chi connectivity index (χ2n) is 19.2. The van der Waals surface area contributed by atoms with E-state index in [9.17, 15) is 0 Å². The summed E-state index contributed by atoms with van der Waals surface area (Å²) >= 11 is 0. The van der Waals surface area contributed by atoms with Crippen molar-refractivity contribution in [2.75, 3.05) is 9.80 Å². The molecule has 0 N–H and O–H groups in total. The van der Waals surface area contributed by atoms with Gasteiger partial charge in [-0.25, -0.2) is 0 Å². The summed E-state index contributed by atoms with van der Waals surface area (Å²) in [5.41, 5.74) is 22.0. The maximum absolute atomic E-state index is 8.16. The average molecular weight is 1000 g/mol. The predicted molar refractivity (Wildman–Crippen MR) is 334 cm³/mol. The van der Waals surface area contributed by atoms with E-state index in [-0.39, 0.29) is 12.1 Å². The molecule has 78 heavy (non-hydrogen) atoms. The van der Waals surface area contributed by atoms with E-state index in [0.717, 1.165) is 112 Å². The first-order valence-electron chi connectivity index (χ1n) is 29.1. The van der Waals surface area contributed by atoms with Crippen molar-refractivity contribution in [3.63, 3.8) is 0 Å². The highest BCUT2D eigenvalue weighted by Gasteiger charge is 2.21. The summed E-state index contributed by atoms with van der Waals surface area (Å²) in [7, 11) is 0. The molecule has 0 aliphatic carbocycles. The zero-order valence-corrected chi connectivity index (χ0v) is 42.8. The van der Waals surface area contributed by atoms with Crippen LogP contribution in [0.15, 0.2) is 316 Å². The molecule has 0 radical (unpaired) electrons. The van der Waals surface area contributed by atoms with Crippen LogP contribution in [0.1, 0.15) is 19.4 Å². The molecule has 0 spiro atoms. The van der Waals surface area contributed by atoms with Gasteiger partial charge in [0.1, 0.15) is 0 Å². The number of hydrogen-bond donors (Lipinski definition) is 0. The summed E-state index contributed by atoms with van der Waals surface area (Å²) in [5.74, 6) is 0. The first kappa shape index (κ1) is 42.0. The monoisotopic (exact) mass is 1000 g/mol. The molecular formula is C76H56N2. The maximum Gasteiger partial charge on any atom is 0.0623 e. The van der Waals surface area contributed by atoms with E-state index in [2.05, 4.69) is 240 Å². The first-order chi connectivity index (χ1) is 41.1. The van der Waals surface area contributed by atoms with E-state index in [4.69, 9.17) is 8.22 Å². The molecule has 0 bridgehead atoms. The van der Waals surface area contributed by atoms with Gasteiger partial charge in [-0.05, 0) is 151 Å². The van der Waals surface area contributed by atoms with E-state index >= 15 is 0 Å². The highest BCUT2D eigenvalue weighted by molar-refractivity contribution is 5.93. The molecule has 0 atom stereocenters. The van der Waals surface area contributed by atoms with Crippen LogP contribution in [0, 0.1) is 0 Å². The van der Waals surface area contributed by atoms with Gasteiger partial charge >= 0.3 is 0 Å². The maximum atomic E-state index is 8.16. The Hall–Kier alpha value is -10.3. The molecule has 0 saturated heterocycles. The fraction of sp³-hybridized carbons (Fsp3) is 0. The second-order valence-corrected chi connectivity index (χ2v) is 19.2. The van der Waals surface area contributed by atoms with Gasteiger partial charge in [0.25, 0.3) is 0 Å². The number of rotatable bonds is 15. The molecule has 12 aromatic rings. The lowest BCUT2D eigenvalue weighted by Crippen LogP contribution is -2.11. The minimum Gasteiger partial charge on any atom is -0.310 e. The molecule has 2 nitrogen and oxygen atoms in total. The van der Waals surface area contributed by atoms with Crippen molar-refractivity contribution < 1.29 is 8.22 Å². The number of nitrogens with zero attached hydrogens (tertiary/aromatic N) is 2. The zero-order chi connectivity index (χ0) is 57.5. The van der Waals surface area contributed by atoms with Crippen LogP contribution < -0.4 is 9.80 Å². The van der Waals surface area contributed by atoms with E-state index in [1.165, 1.54) is 0 Å². The lowest BCUT2D eigenvalue weighted by molar-refractivity contribution is 1.28. The third kappa shape index (κ3) is 10.3. The molecule has 12 aromatic carbocycles. The molecule has 0 aliphatic heterocycles. The third-order valence-electron chi connectivity index (χ3n) is 14.4. The fourth-order valence-corrected chi connectivity index (χ4v) is 10.3. The first-order valence-corrected chi connectivity index (χ1v) is 26.1. The molecule has 12 rings (SSSR count). The lowest BCUT2D eigenvalue weighted by Gasteiger charge is -2.29. The molecule has 0 amide bonds. The van der Waals surface area contributed by atoms with Crippen LogP contribution in [0.25, 0.3) is 90.0 Å². The van der Waals surface area contributed by atoms with Crippen molar-refractivity contribution in [1.82, 2.24) is 0 Å². The summed E-state index contributed by atoms with van der Waals surface area (Å²) in [6.07, 6.45) is 0. The third-order valence-corrected chi connectivity index (χ3v) is 14.4. The van der Waals surface area contributed by atoms with E-state index in [1.54, 1.807) is 24.3 Å². The lowest BCUT2D eigenvalue weighted by atomic mass is 9.95. The van der Waals surface area contributed by atoms with Gasteiger partial charge in [-0.1, -0.05) is 256 Å². The molecule has 0 unspecified atom stereocenters. The molecule has 0 aliphatic rings. The molecule has 0 saturated carbocycles. The minimum atomic E-state index is -0.512. The Morgan fingerprint density at radius 1 is 0.244 bits per heavy atom. The topological polar surface area (TPSA) is 6.48 Å². The summed E-state index contributed by atoms with van der Waals surface area (Å²) < 4.78 is 46.9. The van der Waals surface area contributed by atoms with Gasteiger partial charge in [0.05, 0.1) is 19.6 Å². The number of benzene rings is 12. The van der Waals surface area contributed by atoms with Crippen LogP contribution in [-0.2, 0) is 0 Å². The van der Waals surface area contributed by atoms with Crippen LogP contribution >= 0.6 is 0 Å². The number of hydrogen-bond acceptors (Lipinski definition) is 2. The summed E-state index contributed by atoms with van der Waals surface area (Å²) in [6, 6.07) is 105. The SMILES string of the molecule is [2H]C([2H])=C([2H])c1ccc(-c2ccc(N(c3ccc(-c4ccc(N(c5ccc(-c6ccc(C([2H])=C([2H])[2H])cc6)cc5)c5ccc(-c6ccccc6)cc5-c5ccccc5)cc4)cc3)c3ccc(-c4ccccc4)cc3-c3ccccc3)cc2)cc1. The van der Waals surface area contributed by atoms with Crippen molar-refractivity contribution in [2.24, 2.45) is 0 Å². The van der Waals surface area contributed by atoms with Crippen LogP contribution in [0.3, 0.4) is 0 Å². The van der Waals surface area contributed by atoms with Crippen molar-refractivity contribution in [1.29, 1.82) is 0 Å². The highest BCUT2D eigenvalue weighted by atomic mass is 15.1. The molecular weight excluding hydrogens is 941 g/mol. The largest absolute Gasteiger partial charge is 0.310 e. The highest BCUT2D eigenvalue weighted by Crippen LogP contribution is 2.46. The van der Waals surface area contributed by atoms with E-state index in [0.29, 0.717) is 11.1 Å². The normalized spacial score (nSPS) is 11.9. The van der Waals surface area contributed by atoms with Gasteiger partial charge in [0.15, 0.2) is 0 Å². The van der Waals surface area contributed by atoms with Gasteiger partial charge in [-0.15, -0.1) is 0 Å². The van der Waals surface area contributed by atoms with Gasteiger partial charge in [-0.2, -0.15) is 0 Å². The molecule has 370 valence electrons. The van der Waals surface area contributed by atoms with Crippen LogP contribution in [0.4, 0.5) is 34.1 Å². The Morgan fingerprint density at radius 3 is 0.744 bits per heavy atom. The van der Waals surface area contributed by atoms with Crippen LogP contribution in [0.2, 0.25) is 0 Å². The Balaban J connectivity index is 0.927. The second kappa shape index (κ2) is 22.3. The summed E-state index contributed by atoms with van der Waals surface area (Å²) in [5, 5.41) is 0. The molecule has 2 heteroatoms. The van der Waals surface area contributed by atoms with Gasteiger partial charge < -0.3 is 9.80 Å². The van der Waals surface area contributed by atoms with Crippen molar-refractivity contribution in [2.45, 2.75) is 0 Å². The molecule has 0 heterocycles. The smallest absolute Gasteiger partial charge is 0.0623 e. The van der Waals surface area contributed by atoms with Gasteiger partial charge in [0, 0.05) is 33.9 Å². The van der Waals surface area contributed by atoms with E-state index in [1.807, 2.05) is 48.5 Å². The predicted octanol–water partition coefficient (Wildman–Crippen LogP) is 21.6.